The van der Waals surface area contributed by atoms with Gasteiger partial charge in [-0.3, -0.25) is 4.98 Å². The zero-order chi connectivity index (χ0) is 17.8. The predicted octanol–water partition coefficient (Wildman–Crippen LogP) is 4.67. The second kappa shape index (κ2) is 7.23. The van der Waals surface area contributed by atoms with Crippen molar-refractivity contribution in [1.82, 2.24) is 14.5 Å². The SMILES string of the molecule is COc1cccc(-c2nccn2Cc2ccc(-c3ccccc3)nc2)c1. The van der Waals surface area contributed by atoms with Gasteiger partial charge in [0.15, 0.2) is 0 Å². The third-order valence-corrected chi connectivity index (χ3v) is 4.29. The molecule has 128 valence electrons. The first kappa shape index (κ1) is 16.1. The minimum Gasteiger partial charge on any atom is -0.497 e. The minimum absolute atomic E-state index is 0.717. The Morgan fingerprint density at radius 3 is 2.50 bits per heavy atom. The molecule has 0 atom stereocenters. The molecular weight excluding hydrogens is 322 g/mol. The molecule has 4 aromatic rings. The van der Waals surface area contributed by atoms with Crippen LogP contribution < -0.4 is 4.74 Å². The van der Waals surface area contributed by atoms with Gasteiger partial charge in [-0.2, -0.15) is 0 Å². The molecule has 0 saturated carbocycles. The molecule has 2 aromatic heterocycles. The maximum atomic E-state index is 5.32. The van der Waals surface area contributed by atoms with Crippen LogP contribution >= 0.6 is 0 Å². The van der Waals surface area contributed by atoms with Crippen LogP contribution in [0.5, 0.6) is 5.75 Å². The first-order valence-corrected chi connectivity index (χ1v) is 8.49. The maximum Gasteiger partial charge on any atom is 0.140 e. The second-order valence-electron chi connectivity index (χ2n) is 6.03. The summed E-state index contributed by atoms with van der Waals surface area (Å²) >= 11 is 0. The number of pyridine rings is 1. The topological polar surface area (TPSA) is 39.9 Å². The van der Waals surface area contributed by atoms with E-state index in [0.717, 1.165) is 34.0 Å². The van der Waals surface area contributed by atoms with Crippen molar-refractivity contribution in [2.75, 3.05) is 7.11 Å². The Morgan fingerprint density at radius 2 is 1.73 bits per heavy atom. The van der Waals surface area contributed by atoms with Crippen molar-refractivity contribution in [2.24, 2.45) is 0 Å². The van der Waals surface area contributed by atoms with Gasteiger partial charge in [-0.25, -0.2) is 4.98 Å². The summed E-state index contributed by atoms with van der Waals surface area (Å²) in [6.45, 7) is 0.717. The fourth-order valence-electron chi connectivity index (χ4n) is 2.95. The lowest BCUT2D eigenvalue weighted by atomic mass is 10.1. The third kappa shape index (κ3) is 3.35. The molecular formula is C22H19N3O. The van der Waals surface area contributed by atoms with Gasteiger partial charge in [-0.05, 0) is 23.8 Å². The first-order chi connectivity index (χ1) is 12.8. The van der Waals surface area contributed by atoms with Crippen molar-refractivity contribution in [3.63, 3.8) is 0 Å². The summed E-state index contributed by atoms with van der Waals surface area (Å²) < 4.78 is 7.44. The summed E-state index contributed by atoms with van der Waals surface area (Å²) in [5.41, 5.74) is 4.27. The second-order valence-corrected chi connectivity index (χ2v) is 6.03. The summed E-state index contributed by atoms with van der Waals surface area (Å²) in [6, 6.07) is 22.3. The molecule has 0 fully saturated rings. The van der Waals surface area contributed by atoms with Crippen molar-refractivity contribution in [3.05, 3.63) is 90.9 Å². The van der Waals surface area contributed by atoms with Crippen LogP contribution in [0.2, 0.25) is 0 Å². The summed E-state index contributed by atoms with van der Waals surface area (Å²) in [7, 11) is 1.67. The molecule has 0 radical (unpaired) electrons. The van der Waals surface area contributed by atoms with E-state index in [2.05, 4.69) is 38.8 Å². The number of benzene rings is 2. The van der Waals surface area contributed by atoms with Crippen LogP contribution in [0.25, 0.3) is 22.6 Å². The average Bonchev–Trinajstić information content (AvgIpc) is 3.17. The molecule has 0 aliphatic carbocycles. The van der Waals surface area contributed by atoms with Crippen molar-refractivity contribution in [2.45, 2.75) is 6.54 Å². The van der Waals surface area contributed by atoms with E-state index < -0.39 is 0 Å². The maximum absolute atomic E-state index is 5.32. The van der Waals surface area contributed by atoms with E-state index in [4.69, 9.17) is 4.74 Å². The molecule has 4 nitrogen and oxygen atoms in total. The normalized spacial score (nSPS) is 10.7. The third-order valence-electron chi connectivity index (χ3n) is 4.29. The molecule has 4 rings (SSSR count). The van der Waals surface area contributed by atoms with Crippen molar-refractivity contribution >= 4 is 0 Å². The minimum atomic E-state index is 0.717. The largest absolute Gasteiger partial charge is 0.497 e. The first-order valence-electron chi connectivity index (χ1n) is 8.49. The molecule has 0 saturated heterocycles. The van der Waals surface area contributed by atoms with Crippen LogP contribution in [0.1, 0.15) is 5.56 Å². The zero-order valence-electron chi connectivity index (χ0n) is 14.5. The number of hydrogen-bond donors (Lipinski definition) is 0. The molecule has 0 spiro atoms. The van der Waals surface area contributed by atoms with E-state index in [-0.39, 0.29) is 0 Å². The number of rotatable bonds is 5. The van der Waals surface area contributed by atoms with Crippen LogP contribution in [0, 0.1) is 0 Å². The van der Waals surface area contributed by atoms with Crippen LogP contribution in [-0.4, -0.2) is 21.6 Å². The number of imidazole rings is 1. The Kier molecular flexibility index (Phi) is 4.48. The number of aromatic nitrogens is 3. The Bertz CT molecular complexity index is 991. The van der Waals surface area contributed by atoms with Crippen molar-refractivity contribution in [1.29, 1.82) is 0 Å². The molecule has 0 aliphatic heterocycles. The number of hydrogen-bond acceptors (Lipinski definition) is 3. The molecule has 0 amide bonds. The van der Waals surface area contributed by atoms with E-state index >= 15 is 0 Å². The average molecular weight is 341 g/mol. The standard InChI is InChI=1S/C22H19N3O/c1-26-20-9-5-8-19(14-20)22-23-12-13-25(22)16-17-10-11-21(24-15-17)18-6-3-2-4-7-18/h2-15H,16H2,1H3. The fourth-order valence-corrected chi connectivity index (χ4v) is 2.95. The molecule has 2 heterocycles. The number of nitrogens with zero attached hydrogens (tertiary/aromatic N) is 3. The Balaban J connectivity index is 1.58. The lowest BCUT2D eigenvalue weighted by Crippen LogP contribution is -2.02. The Labute approximate surface area is 152 Å². The highest BCUT2D eigenvalue weighted by molar-refractivity contribution is 5.59. The molecule has 26 heavy (non-hydrogen) atoms. The molecule has 4 heteroatoms. The molecule has 0 N–H and O–H groups in total. The van der Waals surface area contributed by atoms with Gasteiger partial charge in [0.2, 0.25) is 0 Å². The predicted molar refractivity (Wildman–Crippen MR) is 103 cm³/mol. The van der Waals surface area contributed by atoms with Gasteiger partial charge < -0.3 is 9.30 Å². The van der Waals surface area contributed by atoms with Crippen molar-refractivity contribution in [3.8, 4) is 28.4 Å². The monoisotopic (exact) mass is 341 g/mol. The molecule has 0 unspecified atom stereocenters. The summed E-state index contributed by atoms with van der Waals surface area (Å²) in [5, 5.41) is 0. The molecule has 0 bridgehead atoms. The van der Waals surface area contributed by atoms with E-state index in [1.54, 1.807) is 7.11 Å². The van der Waals surface area contributed by atoms with Crippen LogP contribution in [0.3, 0.4) is 0 Å². The van der Waals surface area contributed by atoms with Gasteiger partial charge in [0.1, 0.15) is 11.6 Å². The smallest absolute Gasteiger partial charge is 0.140 e. The van der Waals surface area contributed by atoms with Crippen LogP contribution in [0.4, 0.5) is 0 Å². The van der Waals surface area contributed by atoms with E-state index in [1.807, 2.05) is 61.1 Å². The van der Waals surface area contributed by atoms with E-state index in [0.29, 0.717) is 6.54 Å². The quantitative estimate of drug-likeness (QED) is 0.530. The van der Waals surface area contributed by atoms with Crippen LogP contribution in [-0.2, 0) is 6.54 Å². The highest BCUT2D eigenvalue weighted by Crippen LogP contribution is 2.23. The Hall–Kier alpha value is -3.40. The van der Waals surface area contributed by atoms with Gasteiger partial charge in [-0.1, -0.05) is 48.5 Å². The Morgan fingerprint density at radius 1 is 0.885 bits per heavy atom. The zero-order valence-corrected chi connectivity index (χ0v) is 14.5. The van der Waals surface area contributed by atoms with Gasteiger partial charge in [0.05, 0.1) is 19.3 Å². The summed E-state index contributed by atoms with van der Waals surface area (Å²) in [6.07, 6.45) is 5.73. The van der Waals surface area contributed by atoms with Gasteiger partial charge in [-0.15, -0.1) is 0 Å². The molecule has 0 aliphatic rings. The lowest BCUT2D eigenvalue weighted by Gasteiger charge is -2.10. The van der Waals surface area contributed by atoms with Crippen molar-refractivity contribution < 1.29 is 4.74 Å². The van der Waals surface area contributed by atoms with E-state index in [1.165, 1.54) is 0 Å². The lowest BCUT2D eigenvalue weighted by molar-refractivity contribution is 0.415. The van der Waals surface area contributed by atoms with Gasteiger partial charge in [0.25, 0.3) is 0 Å². The van der Waals surface area contributed by atoms with Gasteiger partial charge in [0, 0.05) is 29.7 Å². The highest BCUT2D eigenvalue weighted by atomic mass is 16.5. The van der Waals surface area contributed by atoms with Gasteiger partial charge >= 0.3 is 0 Å². The molecule has 2 aromatic carbocycles. The van der Waals surface area contributed by atoms with Crippen LogP contribution in [0.15, 0.2) is 85.3 Å². The fraction of sp³-hybridized carbons (Fsp3) is 0.0909. The summed E-state index contributed by atoms with van der Waals surface area (Å²) in [5.74, 6) is 1.74. The number of methoxy groups -OCH3 is 1. The van der Waals surface area contributed by atoms with E-state index in [9.17, 15) is 0 Å². The number of ether oxygens (including phenoxy) is 1. The highest BCUT2D eigenvalue weighted by Gasteiger charge is 2.08. The summed E-state index contributed by atoms with van der Waals surface area (Å²) in [4.78, 5) is 9.12.